The number of aromatic nitrogens is 2. The second-order valence-electron chi connectivity index (χ2n) is 6.12. The van der Waals surface area contributed by atoms with Crippen LogP contribution in [0.1, 0.15) is 43.3 Å². The summed E-state index contributed by atoms with van der Waals surface area (Å²) in [6.45, 7) is 3.10. The summed E-state index contributed by atoms with van der Waals surface area (Å²) in [6.07, 6.45) is 3.35. The standard InChI is InChI=1S/C15H21N3O4/c1-9-16-13(22-17-9)10-4-3-7-18(8-10)14(19)11-5-6-12(11)15(20)21-2/h10-12H,3-8H2,1-2H3. The SMILES string of the molecule is COC(=O)C1CCC1C(=O)N1CCCC(c2nc(C)no2)C1. The van der Waals surface area contributed by atoms with E-state index in [1.54, 1.807) is 6.92 Å². The van der Waals surface area contributed by atoms with Crippen LogP contribution in [0.2, 0.25) is 0 Å². The van der Waals surface area contributed by atoms with Crippen LogP contribution in [0.3, 0.4) is 0 Å². The molecule has 2 aliphatic rings. The molecule has 0 N–H and O–H groups in total. The minimum Gasteiger partial charge on any atom is -0.469 e. The van der Waals surface area contributed by atoms with Gasteiger partial charge < -0.3 is 14.2 Å². The number of aryl methyl sites for hydroxylation is 1. The Morgan fingerprint density at radius 3 is 2.64 bits per heavy atom. The lowest BCUT2D eigenvalue weighted by molar-refractivity contribution is -0.159. The maximum Gasteiger partial charge on any atom is 0.309 e. The van der Waals surface area contributed by atoms with E-state index in [2.05, 4.69) is 10.1 Å². The molecule has 2 heterocycles. The van der Waals surface area contributed by atoms with Gasteiger partial charge in [-0.3, -0.25) is 9.59 Å². The lowest BCUT2D eigenvalue weighted by Crippen LogP contribution is -2.49. The van der Waals surface area contributed by atoms with Crippen LogP contribution in [0.25, 0.3) is 0 Å². The van der Waals surface area contributed by atoms with Crippen LogP contribution in [0, 0.1) is 18.8 Å². The smallest absolute Gasteiger partial charge is 0.309 e. The Morgan fingerprint density at radius 2 is 2.05 bits per heavy atom. The monoisotopic (exact) mass is 307 g/mol. The Hall–Kier alpha value is -1.92. The number of nitrogens with zero attached hydrogens (tertiary/aromatic N) is 3. The molecule has 7 heteroatoms. The molecule has 0 bridgehead atoms. The van der Waals surface area contributed by atoms with Gasteiger partial charge >= 0.3 is 5.97 Å². The third kappa shape index (κ3) is 2.71. The fraction of sp³-hybridized carbons (Fsp3) is 0.733. The molecule has 1 aromatic heterocycles. The molecule has 1 amide bonds. The van der Waals surface area contributed by atoms with Crippen molar-refractivity contribution in [3.63, 3.8) is 0 Å². The van der Waals surface area contributed by atoms with Crippen molar-refractivity contribution in [2.24, 2.45) is 11.8 Å². The quantitative estimate of drug-likeness (QED) is 0.782. The minimum absolute atomic E-state index is 0.0580. The van der Waals surface area contributed by atoms with E-state index < -0.39 is 0 Å². The highest BCUT2D eigenvalue weighted by Crippen LogP contribution is 2.38. The molecule has 3 unspecified atom stereocenters. The summed E-state index contributed by atoms with van der Waals surface area (Å²) in [5.41, 5.74) is 0. The molecular formula is C15H21N3O4. The predicted octanol–water partition coefficient (Wildman–Crippen LogP) is 1.28. The number of amides is 1. The summed E-state index contributed by atoms with van der Waals surface area (Å²) in [6, 6.07) is 0. The van der Waals surface area contributed by atoms with E-state index >= 15 is 0 Å². The fourth-order valence-corrected chi connectivity index (χ4v) is 3.32. The first kappa shape index (κ1) is 15.0. The zero-order valence-corrected chi connectivity index (χ0v) is 12.9. The molecule has 22 heavy (non-hydrogen) atoms. The minimum atomic E-state index is -0.275. The highest BCUT2D eigenvalue weighted by molar-refractivity contribution is 5.87. The van der Waals surface area contributed by atoms with E-state index in [0.29, 0.717) is 18.3 Å². The number of rotatable bonds is 3. The van der Waals surface area contributed by atoms with Gasteiger partial charge in [0.25, 0.3) is 0 Å². The van der Waals surface area contributed by atoms with Gasteiger partial charge in [0.05, 0.1) is 24.9 Å². The van der Waals surface area contributed by atoms with Crippen molar-refractivity contribution in [2.45, 2.75) is 38.5 Å². The van der Waals surface area contributed by atoms with E-state index in [0.717, 1.165) is 32.2 Å². The molecule has 1 saturated heterocycles. The van der Waals surface area contributed by atoms with E-state index in [-0.39, 0.29) is 29.6 Å². The second kappa shape index (κ2) is 6.06. The van der Waals surface area contributed by atoms with Gasteiger partial charge in [-0.25, -0.2) is 0 Å². The van der Waals surface area contributed by atoms with Crippen molar-refractivity contribution < 1.29 is 18.8 Å². The number of carbonyl (C=O) groups excluding carboxylic acids is 2. The molecular weight excluding hydrogens is 286 g/mol. The van der Waals surface area contributed by atoms with Gasteiger partial charge in [-0.05, 0) is 32.6 Å². The van der Waals surface area contributed by atoms with E-state index in [9.17, 15) is 9.59 Å². The molecule has 0 aromatic carbocycles. The molecule has 0 spiro atoms. The second-order valence-corrected chi connectivity index (χ2v) is 6.12. The van der Waals surface area contributed by atoms with Crippen molar-refractivity contribution >= 4 is 11.9 Å². The Morgan fingerprint density at radius 1 is 1.27 bits per heavy atom. The normalized spacial score (nSPS) is 28.1. The summed E-state index contributed by atoms with van der Waals surface area (Å²) in [5, 5.41) is 3.82. The highest BCUT2D eigenvalue weighted by atomic mass is 16.5. The number of ether oxygens (including phenoxy) is 1. The number of hydrogen-bond donors (Lipinski definition) is 0. The van der Waals surface area contributed by atoms with Gasteiger partial charge in [0.2, 0.25) is 11.8 Å². The van der Waals surface area contributed by atoms with Gasteiger partial charge in [0.1, 0.15) is 0 Å². The van der Waals surface area contributed by atoms with Crippen LogP contribution < -0.4 is 0 Å². The average molecular weight is 307 g/mol. The number of esters is 1. The van der Waals surface area contributed by atoms with Crippen LogP contribution >= 0.6 is 0 Å². The van der Waals surface area contributed by atoms with Crippen LogP contribution in [0.5, 0.6) is 0 Å². The summed E-state index contributed by atoms with van der Waals surface area (Å²) in [7, 11) is 1.37. The molecule has 120 valence electrons. The first-order valence-electron chi connectivity index (χ1n) is 7.77. The number of likely N-dealkylation sites (tertiary alicyclic amines) is 1. The number of hydrogen-bond acceptors (Lipinski definition) is 6. The molecule has 2 fully saturated rings. The molecule has 1 aromatic rings. The van der Waals surface area contributed by atoms with Crippen molar-refractivity contribution in [3.05, 3.63) is 11.7 Å². The van der Waals surface area contributed by atoms with Gasteiger partial charge in [0, 0.05) is 13.1 Å². The Bertz CT molecular complexity index is 571. The van der Waals surface area contributed by atoms with Gasteiger partial charge in [-0.2, -0.15) is 4.98 Å². The van der Waals surface area contributed by atoms with Crippen molar-refractivity contribution in [3.8, 4) is 0 Å². The van der Waals surface area contributed by atoms with Crippen LogP contribution in [-0.2, 0) is 14.3 Å². The first-order chi connectivity index (χ1) is 10.6. The zero-order valence-electron chi connectivity index (χ0n) is 12.9. The maximum atomic E-state index is 12.6. The van der Waals surface area contributed by atoms with Gasteiger partial charge in [-0.15, -0.1) is 0 Å². The predicted molar refractivity (Wildman–Crippen MR) is 75.8 cm³/mol. The first-order valence-corrected chi connectivity index (χ1v) is 7.77. The van der Waals surface area contributed by atoms with Crippen LogP contribution in [0.4, 0.5) is 0 Å². The van der Waals surface area contributed by atoms with Gasteiger partial charge in [0.15, 0.2) is 5.82 Å². The fourth-order valence-electron chi connectivity index (χ4n) is 3.32. The lowest BCUT2D eigenvalue weighted by Gasteiger charge is -2.39. The summed E-state index contributed by atoms with van der Waals surface area (Å²) < 4.78 is 10.0. The summed E-state index contributed by atoms with van der Waals surface area (Å²) in [4.78, 5) is 30.4. The number of piperidine rings is 1. The van der Waals surface area contributed by atoms with Crippen molar-refractivity contribution in [2.75, 3.05) is 20.2 Å². The lowest BCUT2D eigenvalue weighted by atomic mass is 9.72. The number of carbonyl (C=O) groups is 2. The van der Waals surface area contributed by atoms with Crippen molar-refractivity contribution in [1.29, 1.82) is 0 Å². The van der Waals surface area contributed by atoms with Crippen molar-refractivity contribution in [1.82, 2.24) is 15.0 Å². The largest absolute Gasteiger partial charge is 0.469 e. The molecule has 0 radical (unpaired) electrons. The Balaban J connectivity index is 1.64. The third-order valence-electron chi connectivity index (χ3n) is 4.72. The van der Waals surface area contributed by atoms with E-state index in [1.807, 2.05) is 4.90 Å². The Labute approximate surface area is 129 Å². The van der Waals surface area contributed by atoms with Crippen LogP contribution in [-0.4, -0.2) is 47.1 Å². The van der Waals surface area contributed by atoms with Crippen LogP contribution in [0.15, 0.2) is 4.52 Å². The molecule has 3 atom stereocenters. The van der Waals surface area contributed by atoms with E-state index in [4.69, 9.17) is 9.26 Å². The molecule has 7 nitrogen and oxygen atoms in total. The highest BCUT2D eigenvalue weighted by Gasteiger charge is 2.44. The maximum absolute atomic E-state index is 12.6. The zero-order chi connectivity index (χ0) is 15.7. The summed E-state index contributed by atoms with van der Waals surface area (Å²) >= 11 is 0. The average Bonchev–Trinajstić information content (AvgIpc) is 2.92. The topological polar surface area (TPSA) is 85.5 Å². The molecule has 1 aliphatic heterocycles. The Kier molecular flexibility index (Phi) is 4.13. The summed E-state index contributed by atoms with van der Waals surface area (Å²) in [5.74, 6) is 0.597. The molecule has 3 rings (SSSR count). The molecule has 1 saturated carbocycles. The third-order valence-corrected chi connectivity index (χ3v) is 4.72. The number of methoxy groups -OCH3 is 1. The van der Waals surface area contributed by atoms with Gasteiger partial charge in [-0.1, -0.05) is 5.16 Å². The molecule has 1 aliphatic carbocycles. The van der Waals surface area contributed by atoms with E-state index in [1.165, 1.54) is 7.11 Å².